The number of nitrogens with zero attached hydrogens (tertiary/aromatic N) is 3. The summed E-state index contributed by atoms with van der Waals surface area (Å²) in [5, 5.41) is 8.05. The minimum Gasteiger partial charge on any atom is -0.466 e. The standard InChI is InChI=1S/C21H24N4O3/c1-4-28-18(26)11-8-12-22-21(27)16-13-17(15-9-6-5-7-10-15)23-20-19(16)14(2)24-25(20)3/h5-7,9-10,13H,4,8,11-12H2,1-3H3,(H,22,27). The number of esters is 1. The Morgan fingerprint density at radius 2 is 1.96 bits per heavy atom. The van der Waals surface area contributed by atoms with Gasteiger partial charge in [-0.15, -0.1) is 0 Å². The predicted molar refractivity (Wildman–Crippen MR) is 107 cm³/mol. The first-order valence-corrected chi connectivity index (χ1v) is 9.34. The molecule has 0 aliphatic rings. The van der Waals surface area contributed by atoms with E-state index in [-0.39, 0.29) is 18.3 Å². The average molecular weight is 380 g/mol. The van der Waals surface area contributed by atoms with E-state index in [1.54, 1.807) is 17.7 Å². The lowest BCUT2D eigenvalue weighted by atomic mass is 10.0. The Morgan fingerprint density at radius 1 is 1.21 bits per heavy atom. The summed E-state index contributed by atoms with van der Waals surface area (Å²) in [6.45, 7) is 4.39. The molecule has 2 heterocycles. The van der Waals surface area contributed by atoms with Gasteiger partial charge in [-0.1, -0.05) is 30.3 Å². The van der Waals surface area contributed by atoms with Crippen molar-refractivity contribution in [2.45, 2.75) is 26.7 Å². The van der Waals surface area contributed by atoms with Crippen LogP contribution in [-0.4, -0.2) is 39.8 Å². The summed E-state index contributed by atoms with van der Waals surface area (Å²) in [6.07, 6.45) is 0.803. The number of carbonyl (C=O) groups is 2. The Labute approximate surface area is 163 Å². The summed E-state index contributed by atoms with van der Waals surface area (Å²) in [4.78, 5) is 29.0. The number of carbonyl (C=O) groups excluding carboxylic acids is 2. The molecule has 0 fully saturated rings. The number of aromatic nitrogens is 3. The first kappa shape index (κ1) is 19.5. The molecule has 0 aliphatic carbocycles. The van der Waals surface area contributed by atoms with Gasteiger partial charge < -0.3 is 10.1 Å². The minimum absolute atomic E-state index is 0.204. The van der Waals surface area contributed by atoms with Gasteiger partial charge in [0.05, 0.1) is 28.9 Å². The number of amides is 1. The van der Waals surface area contributed by atoms with Gasteiger partial charge in [-0.05, 0) is 26.3 Å². The molecule has 0 bridgehead atoms. The topological polar surface area (TPSA) is 86.1 Å². The van der Waals surface area contributed by atoms with Crippen molar-refractivity contribution in [3.05, 3.63) is 47.7 Å². The molecule has 7 nitrogen and oxygen atoms in total. The van der Waals surface area contributed by atoms with E-state index in [1.807, 2.05) is 44.3 Å². The molecular weight excluding hydrogens is 356 g/mol. The van der Waals surface area contributed by atoms with E-state index < -0.39 is 0 Å². The number of rotatable bonds is 7. The first-order valence-electron chi connectivity index (χ1n) is 9.34. The summed E-state index contributed by atoms with van der Waals surface area (Å²) >= 11 is 0. The van der Waals surface area contributed by atoms with Crippen LogP contribution in [0.3, 0.4) is 0 Å². The Morgan fingerprint density at radius 3 is 2.68 bits per heavy atom. The lowest BCUT2D eigenvalue weighted by molar-refractivity contribution is -0.143. The molecule has 1 N–H and O–H groups in total. The molecule has 1 aromatic carbocycles. The third-order valence-corrected chi connectivity index (χ3v) is 4.43. The molecule has 0 saturated heterocycles. The van der Waals surface area contributed by atoms with Gasteiger partial charge in [0.2, 0.25) is 0 Å². The van der Waals surface area contributed by atoms with Crippen LogP contribution in [0.1, 0.15) is 35.8 Å². The van der Waals surface area contributed by atoms with Crippen LogP contribution in [0.25, 0.3) is 22.3 Å². The van der Waals surface area contributed by atoms with Crippen molar-refractivity contribution < 1.29 is 14.3 Å². The normalized spacial score (nSPS) is 10.8. The summed E-state index contributed by atoms with van der Waals surface area (Å²) in [7, 11) is 1.82. The van der Waals surface area contributed by atoms with Gasteiger partial charge >= 0.3 is 5.97 Å². The van der Waals surface area contributed by atoms with E-state index in [0.29, 0.717) is 36.5 Å². The Hall–Kier alpha value is -3.22. The van der Waals surface area contributed by atoms with E-state index in [4.69, 9.17) is 9.72 Å². The minimum atomic E-state index is -0.252. The van der Waals surface area contributed by atoms with Crippen LogP contribution in [-0.2, 0) is 16.6 Å². The fourth-order valence-corrected chi connectivity index (χ4v) is 3.14. The van der Waals surface area contributed by atoms with Gasteiger partial charge in [-0.3, -0.25) is 14.3 Å². The van der Waals surface area contributed by atoms with Crippen LogP contribution in [0.5, 0.6) is 0 Å². The molecule has 3 rings (SSSR count). The summed E-state index contributed by atoms with van der Waals surface area (Å²) in [5.74, 6) is -0.456. The number of nitrogens with one attached hydrogen (secondary N) is 1. The van der Waals surface area contributed by atoms with Crippen LogP contribution in [0, 0.1) is 6.92 Å². The lowest BCUT2D eigenvalue weighted by Gasteiger charge is -2.09. The van der Waals surface area contributed by atoms with E-state index in [2.05, 4.69) is 10.4 Å². The molecule has 28 heavy (non-hydrogen) atoms. The molecule has 0 radical (unpaired) electrons. The van der Waals surface area contributed by atoms with Gasteiger partial charge in [0.1, 0.15) is 0 Å². The maximum absolute atomic E-state index is 12.9. The molecule has 0 unspecified atom stereocenters. The molecule has 7 heteroatoms. The zero-order valence-electron chi connectivity index (χ0n) is 16.4. The summed E-state index contributed by atoms with van der Waals surface area (Å²) in [5.41, 5.74) is 3.59. The molecule has 0 aliphatic heterocycles. The maximum Gasteiger partial charge on any atom is 0.305 e. The van der Waals surface area contributed by atoms with Crippen molar-refractivity contribution in [1.29, 1.82) is 0 Å². The SMILES string of the molecule is CCOC(=O)CCCNC(=O)c1cc(-c2ccccc2)nc2c1c(C)nn2C. The molecule has 0 atom stereocenters. The average Bonchev–Trinajstić information content (AvgIpc) is 2.99. The zero-order valence-corrected chi connectivity index (χ0v) is 16.4. The van der Waals surface area contributed by atoms with Gasteiger partial charge in [0.25, 0.3) is 5.91 Å². The highest BCUT2D eigenvalue weighted by atomic mass is 16.5. The zero-order chi connectivity index (χ0) is 20.1. The number of pyridine rings is 1. The molecule has 146 valence electrons. The van der Waals surface area contributed by atoms with Gasteiger partial charge in [0, 0.05) is 25.6 Å². The van der Waals surface area contributed by atoms with Gasteiger partial charge in [0.15, 0.2) is 5.65 Å². The van der Waals surface area contributed by atoms with Crippen LogP contribution < -0.4 is 5.32 Å². The number of hydrogen-bond donors (Lipinski definition) is 1. The second-order valence-electron chi connectivity index (χ2n) is 6.49. The number of benzene rings is 1. The van der Waals surface area contributed by atoms with E-state index in [9.17, 15) is 9.59 Å². The predicted octanol–water partition coefficient (Wildman–Crippen LogP) is 3.02. The third kappa shape index (κ3) is 4.19. The highest BCUT2D eigenvalue weighted by molar-refractivity contribution is 6.07. The van der Waals surface area contributed by atoms with Crippen LogP contribution in [0.4, 0.5) is 0 Å². The Bertz CT molecular complexity index is 996. The number of fused-ring (bicyclic) bond motifs is 1. The first-order chi connectivity index (χ1) is 13.5. The second kappa shape index (κ2) is 8.65. The lowest BCUT2D eigenvalue weighted by Crippen LogP contribution is -2.25. The summed E-state index contributed by atoms with van der Waals surface area (Å²) in [6, 6.07) is 11.5. The molecule has 2 aromatic heterocycles. The molecule has 3 aromatic rings. The van der Waals surface area contributed by atoms with E-state index in [0.717, 1.165) is 16.6 Å². The van der Waals surface area contributed by atoms with Crippen molar-refractivity contribution in [1.82, 2.24) is 20.1 Å². The Kier molecular flexibility index (Phi) is 6.03. The van der Waals surface area contributed by atoms with Crippen LogP contribution in [0.15, 0.2) is 36.4 Å². The van der Waals surface area contributed by atoms with Crippen molar-refractivity contribution >= 4 is 22.9 Å². The third-order valence-electron chi connectivity index (χ3n) is 4.43. The van der Waals surface area contributed by atoms with Crippen molar-refractivity contribution in [3.8, 4) is 11.3 Å². The van der Waals surface area contributed by atoms with Gasteiger partial charge in [-0.25, -0.2) is 4.98 Å². The summed E-state index contributed by atoms with van der Waals surface area (Å²) < 4.78 is 6.59. The fourth-order valence-electron chi connectivity index (χ4n) is 3.14. The van der Waals surface area contributed by atoms with E-state index in [1.165, 1.54) is 0 Å². The van der Waals surface area contributed by atoms with E-state index >= 15 is 0 Å². The van der Waals surface area contributed by atoms with Gasteiger partial charge in [-0.2, -0.15) is 5.10 Å². The smallest absolute Gasteiger partial charge is 0.305 e. The molecule has 0 spiro atoms. The molecular formula is C21H24N4O3. The van der Waals surface area contributed by atoms with Crippen molar-refractivity contribution in [2.24, 2.45) is 7.05 Å². The van der Waals surface area contributed by atoms with Crippen LogP contribution in [0.2, 0.25) is 0 Å². The molecule has 0 saturated carbocycles. The number of ether oxygens (including phenoxy) is 1. The van der Waals surface area contributed by atoms with Crippen LogP contribution >= 0.6 is 0 Å². The highest BCUT2D eigenvalue weighted by Crippen LogP contribution is 2.26. The number of aryl methyl sites for hydroxylation is 2. The fraction of sp³-hybridized carbons (Fsp3) is 0.333. The largest absolute Gasteiger partial charge is 0.466 e. The maximum atomic E-state index is 12.9. The monoisotopic (exact) mass is 380 g/mol. The quantitative estimate of drug-likeness (QED) is 0.503. The number of hydrogen-bond acceptors (Lipinski definition) is 5. The van der Waals surface area contributed by atoms with Crippen molar-refractivity contribution in [2.75, 3.05) is 13.2 Å². The van der Waals surface area contributed by atoms with Crippen molar-refractivity contribution in [3.63, 3.8) is 0 Å². The Balaban J connectivity index is 1.86. The highest BCUT2D eigenvalue weighted by Gasteiger charge is 2.19. The second-order valence-corrected chi connectivity index (χ2v) is 6.49. The molecule has 1 amide bonds.